The van der Waals surface area contributed by atoms with Crippen molar-refractivity contribution in [3.8, 4) is 5.88 Å². The Kier molecular flexibility index (Phi) is 2.53. The summed E-state index contributed by atoms with van der Waals surface area (Å²) in [5.74, 6) is -1.75. The van der Waals surface area contributed by atoms with Crippen molar-refractivity contribution in [1.82, 2.24) is 9.97 Å². The average molecular weight is 244 g/mol. The van der Waals surface area contributed by atoms with E-state index in [1.807, 2.05) is 0 Å². The van der Waals surface area contributed by atoms with Gasteiger partial charge < -0.3 is 9.72 Å². The van der Waals surface area contributed by atoms with Gasteiger partial charge in [-0.25, -0.2) is 4.98 Å². The van der Waals surface area contributed by atoms with E-state index >= 15 is 0 Å². The largest absolute Gasteiger partial charge is 0.479 e. The highest BCUT2D eigenvalue weighted by Crippen LogP contribution is 2.29. The fourth-order valence-electron chi connectivity index (χ4n) is 1.52. The Morgan fingerprint density at radius 3 is 2.76 bits per heavy atom. The molecule has 0 aliphatic carbocycles. The van der Waals surface area contributed by atoms with Crippen molar-refractivity contribution in [3.63, 3.8) is 0 Å². The van der Waals surface area contributed by atoms with Crippen LogP contribution in [-0.4, -0.2) is 29.0 Å². The lowest BCUT2D eigenvalue weighted by Gasteiger charge is -2.03. The number of alkyl halides is 3. The highest BCUT2D eigenvalue weighted by Gasteiger charge is 2.40. The first-order chi connectivity index (χ1) is 7.95. The number of pyridine rings is 1. The smallest absolute Gasteiger partial charge is 0.454 e. The van der Waals surface area contributed by atoms with E-state index in [1.54, 1.807) is 0 Å². The molecule has 17 heavy (non-hydrogen) atoms. The van der Waals surface area contributed by atoms with Gasteiger partial charge in [-0.1, -0.05) is 0 Å². The number of carbonyl (C=O) groups excluding carboxylic acids is 1. The van der Waals surface area contributed by atoms with E-state index in [0.717, 1.165) is 6.20 Å². The third-order valence-electron chi connectivity index (χ3n) is 2.26. The molecule has 0 atom stereocenters. The molecule has 7 heteroatoms. The molecule has 0 radical (unpaired) electrons. The van der Waals surface area contributed by atoms with Gasteiger partial charge in [-0.2, -0.15) is 13.2 Å². The lowest BCUT2D eigenvalue weighted by atomic mass is 10.1. The summed E-state index contributed by atoms with van der Waals surface area (Å²) in [5.41, 5.74) is -0.171. The summed E-state index contributed by atoms with van der Waals surface area (Å²) < 4.78 is 41.8. The fourth-order valence-corrected chi connectivity index (χ4v) is 1.52. The highest BCUT2D eigenvalue weighted by molar-refractivity contribution is 6.11. The minimum absolute atomic E-state index is 0.138. The summed E-state index contributed by atoms with van der Waals surface area (Å²) in [7, 11) is 1.34. The topological polar surface area (TPSA) is 55.0 Å². The van der Waals surface area contributed by atoms with Crippen LogP contribution in [0.3, 0.4) is 0 Å². The van der Waals surface area contributed by atoms with Crippen molar-refractivity contribution in [3.05, 3.63) is 24.0 Å². The maximum Gasteiger partial charge on any atom is 0.454 e. The van der Waals surface area contributed by atoms with Crippen LogP contribution in [0.25, 0.3) is 10.9 Å². The van der Waals surface area contributed by atoms with E-state index in [0.29, 0.717) is 0 Å². The van der Waals surface area contributed by atoms with Crippen molar-refractivity contribution >= 4 is 16.7 Å². The number of nitrogens with one attached hydrogen (secondary N) is 1. The number of nitrogens with zero attached hydrogens (tertiary/aromatic N) is 1. The molecule has 90 valence electrons. The zero-order valence-electron chi connectivity index (χ0n) is 8.63. The van der Waals surface area contributed by atoms with E-state index in [9.17, 15) is 18.0 Å². The summed E-state index contributed by atoms with van der Waals surface area (Å²) in [6, 6.07) is 1.33. The number of hydrogen-bond donors (Lipinski definition) is 1. The Bertz CT molecular complexity index is 574. The summed E-state index contributed by atoms with van der Waals surface area (Å²) in [4.78, 5) is 17.5. The Morgan fingerprint density at radius 2 is 2.18 bits per heavy atom. The number of Topliss-reactive ketones (excluding diaryl/α,β-unsaturated/α-hetero) is 1. The SMILES string of the molecule is COc1nccc2c(C(=O)C(F)(F)F)c[nH]c12. The van der Waals surface area contributed by atoms with Gasteiger partial charge in [0.15, 0.2) is 0 Å². The minimum atomic E-state index is -4.90. The molecule has 0 bridgehead atoms. The second-order valence-corrected chi connectivity index (χ2v) is 3.27. The van der Waals surface area contributed by atoms with Crippen molar-refractivity contribution in [2.45, 2.75) is 6.18 Å². The maximum atomic E-state index is 12.3. The van der Waals surface area contributed by atoms with Crippen LogP contribution < -0.4 is 4.74 Å². The summed E-state index contributed by atoms with van der Waals surface area (Å²) in [5, 5.41) is 0.138. The molecule has 0 aliphatic rings. The maximum absolute atomic E-state index is 12.3. The zero-order valence-corrected chi connectivity index (χ0v) is 8.63. The lowest BCUT2D eigenvalue weighted by Crippen LogP contribution is -2.22. The molecule has 2 heterocycles. The van der Waals surface area contributed by atoms with Gasteiger partial charge in [0.1, 0.15) is 5.52 Å². The number of ketones is 1. The van der Waals surface area contributed by atoms with Crippen LogP contribution in [0.2, 0.25) is 0 Å². The first-order valence-corrected chi connectivity index (χ1v) is 4.56. The standard InChI is InChI=1S/C10H7F3N2O2/c1-17-9-7-5(2-3-14-9)6(4-15-7)8(16)10(11,12)13/h2-4,15H,1H3. The van der Waals surface area contributed by atoms with Gasteiger partial charge in [0, 0.05) is 17.8 Å². The Balaban J connectivity index is 2.62. The third-order valence-corrected chi connectivity index (χ3v) is 2.26. The van der Waals surface area contributed by atoms with Gasteiger partial charge in [0.2, 0.25) is 5.88 Å². The van der Waals surface area contributed by atoms with Gasteiger partial charge >= 0.3 is 6.18 Å². The molecule has 2 aromatic rings. The fraction of sp³-hybridized carbons (Fsp3) is 0.200. The number of rotatable bonds is 2. The second kappa shape index (κ2) is 3.76. The number of fused-ring (bicyclic) bond motifs is 1. The number of methoxy groups -OCH3 is 1. The van der Waals surface area contributed by atoms with Crippen molar-refractivity contribution in [2.75, 3.05) is 7.11 Å². The first kappa shape index (κ1) is 11.4. The molecule has 2 rings (SSSR count). The van der Waals surface area contributed by atoms with Crippen LogP contribution >= 0.6 is 0 Å². The van der Waals surface area contributed by atoms with E-state index in [4.69, 9.17) is 4.74 Å². The predicted octanol–water partition coefficient (Wildman–Crippen LogP) is 2.32. The molecule has 0 spiro atoms. The van der Waals surface area contributed by atoms with Crippen LogP contribution in [0.1, 0.15) is 10.4 Å². The lowest BCUT2D eigenvalue weighted by molar-refractivity contribution is -0.0884. The van der Waals surface area contributed by atoms with Crippen molar-refractivity contribution in [1.29, 1.82) is 0 Å². The number of halogens is 3. The summed E-state index contributed by atoms with van der Waals surface area (Å²) >= 11 is 0. The number of H-pyrrole nitrogens is 1. The molecule has 0 fully saturated rings. The summed E-state index contributed by atoms with van der Waals surface area (Å²) in [6.07, 6.45) is -2.61. The van der Waals surface area contributed by atoms with Gasteiger partial charge in [-0.05, 0) is 6.07 Å². The normalized spacial score (nSPS) is 11.8. The highest BCUT2D eigenvalue weighted by atomic mass is 19.4. The van der Waals surface area contributed by atoms with Crippen LogP contribution in [0.15, 0.2) is 18.5 Å². The van der Waals surface area contributed by atoms with E-state index in [-0.39, 0.29) is 16.8 Å². The van der Waals surface area contributed by atoms with Gasteiger partial charge in [-0.15, -0.1) is 0 Å². The molecule has 2 aromatic heterocycles. The number of carbonyl (C=O) groups is 1. The monoisotopic (exact) mass is 244 g/mol. The Morgan fingerprint density at radius 1 is 1.47 bits per heavy atom. The molecular formula is C10H7F3N2O2. The molecule has 0 saturated heterocycles. The van der Waals surface area contributed by atoms with Crippen LogP contribution in [-0.2, 0) is 0 Å². The second-order valence-electron chi connectivity index (χ2n) is 3.27. The Hall–Kier alpha value is -2.05. The van der Waals surface area contributed by atoms with Crippen molar-refractivity contribution < 1.29 is 22.7 Å². The van der Waals surface area contributed by atoms with Crippen LogP contribution in [0, 0.1) is 0 Å². The number of hydrogen-bond acceptors (Lipinski definition) is 3. The molecule has 0 aliphatic heterocycles. The number of aromatic nitrogens is 2. The van der Waals surface area contributed by atoms with Gasteiger partial charge in [0.05, 0.1) is 12.7 Å². The van der Waals surface area contributed by atoms with E-state index in [2.05, 4.69) is 9.97 Å². The van der Waals surface area contributed by atoms with Gasteiger partial charge in [-0.3, -0.25) is 4.79 Å². The number of ether oxygens (including phenoxy) is 1. The molecule has 0 unspecified atom stereocenters. The van der Waals surface area contributed by atoms with Gasteiger partial charge in [0.25, 0.3) is 5.78 Å². The predicted molar refractivity (Wildman–Crippen MR) is 53.0 cm³/mol. The first-order valence-electron chi connectivity index (χ1n) is 4.56. The van der Waals surface area contributed by atoms with Crippen LogP contribution in [0.5, 0.6) is 5.88 Å². The van der Waals surface area contributed by atoms with E-state index < -0.39 is 17.5 Å². The molecule has 1 N–H and O–H groups in total. The van der Waals surface area contributed by atoms with Crippen LogP contribution in [0.4, 0.5) is 13.2 Å². The molecule has 4 nitrogen and oxygen atoms in total. The summed E-state index contributed by atoms with van der Waals surface area (Å²) in [6.45, 7) is 0. The van der Waals surface area contributed by atoms with E-state index in [1.165, 1.54) is 19.4 Å². The zero-order chi connectivity index (χ0) is 12.6. The minimum Gasteiger partial charge on any atom is -0.479 e. The number of aromatic amines is 1. The molecular weight excluding hydrogens is 237 g/mol. The molecule has 0 amide bonds. The molecule has 0 saturated carbocycles. The molecule has 0 aromatic carbocycles. The average Bonchev–Trinajstić information content (AvgIpc) is 2.69. The third kappa shape index (κ3) is 1.83. The Labute approximate surface area is 93.4 Å². The van der Waals surface area contributed by atoms with Crippen molar-refractivity contribution in [2.24, 2.45) is 0 Å². The quantitative estimate of drug-likeness (QED) is 0.825.